The molecule has 35 heavy (non-hydrogen) atoms. The minimum absolute atomic E-state index is 0.172. The van der Waals surface area contributed by atoms with Crippen LogP contribution in [0.15, 0.2) is 65.2 Å². The lowest BCUT2D eigenvalue weighted by Crippen LogP contribution is -2.45. The molecule has 182 valence electrons. The fraction of sp³-hybridized carbons (Fsp3) is 0.379. The van der Waals surface area contributed by atoms with Crippen LogP contribution in [0.25, 0.3) is 21.9 Å². The van der Waals surface area contributed by atoms with Gasteiger partial charge in [0.1, 0.15) is 5.58 Å². The fourth-order valence-electron chi connectivity index (χ4n) is 5.08. The lowest BCUT2D eigenvalue weighted by Gasteiger charge is -2.41. The number of nitrogens with zero attached hydrogens (tertiary/aromatic N) is 3. The van der Waals surface area contributed by atoms with Crippen LogP contribution in [0.5, 0.6) is 0 Å². The van der Waals surface area contributed by atoms with Crippen molar-refractivity contribution in [2.24, 2.45) is 0 Å². The summed E-state index contributed by atoms with van der Waals surface area (Å²) in [6.07, 6.45) is 4.30. The molecule has 1 unspecified atom stereocenters. The average molecular weight is 472 g/mol. The third-order valence-corrected chi connectivity index (χ3v) is 7.54. The SMILES string of the molecule is CCC(C)N1CCC(O)(c2ccc3oc(C(=O)N(C)Cc4ccc5ncccc5c4)cc3c2)CC1. The number of furan rings is 1. The lowest BCUT2D eigenvalue weighted by molar-refractivity contribution is -0.0342. The number of benzene rings is 2. The van der Waals surface area contributed by atoms with Crippen LogP contribution in [0.4, 0.5) is 0 Å². The molecule has 5 rings (SSSR count). The van der Waals surface area contributed by atoms with Crippen LogP contribution in [0, 0.1) is 0 Å². The fourth-order valence-corrected chi connectivity index (χ4v) is 5.08. The molecular weight excluding hydrogens is 438 g/mol. The maximum Gasteiger partial charge on any atom is 0.289 e. The van der Waals surface area contributed by atoms with Gasteiger partial charge in [-0.3, -0.25) is 9.78 Å². The van der Waals surface area contributed by atoms with Gasteiger partial charge in [-0.15, -0.1) is 0 Å². The van der Waals surface area contributed by atoms with Gasteiger partial charge in [0.2, 0.25) is 0 Å². The van der Waals surface area contributed by atoms with Gasteiger partial charge in [-0.25, -0.2) is 0 Å². The molecule has 2 aromatic heterocycles. The maximum atomic E-state index is 13.1. The summed E-state index contributed by atoms with van der Waals surface area (Å²) in [6, 6.07) is 18.1. The van der Waals surface area contributed by atoms with Crippen LogP contribution in [0.1, 0.15) is 54.8 Å². The van der Waals surface area contributed by atoms with Crippen LogP contribution in [-0.2, 0) is 12.1 Å². The van der Waals surface area contributed by atoms with Gasteiger partial charge in [-0.2, -0.15) is 0 Å². The van der Waals surface area contributed by atoms with Crippen molar-refractivity contribution in [3.05, 3.63) is 77.7 Å². The zero-order valence-corrected chi connectivity index (χ0v) is 20.7. The molecule has 0 spiro atoms. The van der Waals surface area contributed by atoms with Gasteiger partial charge in [0.15, 0.2) is 5.76 Å². The number of carbonyl (C=O) groups is 1. The number of amides is 1. The molecule has 4 aromatic rings. The van der Waals surface area contributed by atoms with Gasteiger partial charge in [0, 0.05) is 49.7 Å². The summed E-state index contributed by atoms with van der Waals surface area (Å²) in [5.41, 5.74) is 2.67. The first-order valence-corrected chi connectivity index (χ1v) is 12.5. The summed E-state index contributed by atoms with van der Waals surface area (Å²) in [6.45, 7) is 6.68. The minimum atomic E-state index is -0.846. The zero-order chi connectivity index (χ0) is 24.6. The summed E-state index contributed by atoms with van der Waals surface area (Å²) >= 11 is 0. The second-order valence-electron chi connectivity index (χ2n) is 9.88. The Morgan fingerprint density at radius 2 is 1.94 bits per heavy atom. The van der Waals surface area contributed by atoms with Gasteiger partial charge in [-0.05, 0) is 73.7 Å². The van der Waals surface area contributed by atoms with E-state index in [2.05, 4.69) is 29.8 Å². The molecule has 0 radical (unpaired) electrons. The van der Waals surface area contributed by atoms with Crippen molar-refractivity contribution in [2.75, 3.05) is 20.1 Å². The molecule has 6 nitrogen and oxygen atoms in total. The Balaban J connectivity index is 1.31. The highest BCUT2D eigenvalue weighted by Gasteiger charge is 2.35. The highest BCUT2D eigenvalue weighted by Crippen LogP contribution is 2.36. The minimum Gasteiger partial charge on any atom is -0.451 e. The van der Waals surface area contributed by atoms with Crippen LogP contribution >= 0.6 is 0 Å². The number of carbonyl (C=O) groups excluding carboxylic acids is 1. The van der Waals surface area contributed by atoms with E-state index in [1.807, 2.05) is 42.5 Å². The first-order valence-electron chi connectivity index (χ1n) is 12.5. The predicted octanol–water partition coefficient (Wildman–Crippen LogP) is 5.34. The van der Waals surface area contributed by atoms with E-state index in [9.17, 15) is 9.90 Å². The van der Waals surface area contributed by atoms with Crippen molar-refractivity contribution in [3.63, 3.8) is 0 Å². The second kappa shape index (κ2) is 9.44. The number of hydrogen-bond acceptors (Lipinski definition) is 5. The Labute approximate surface area is 206 Å². The summed E-state index contributed by atoms with van der Waals surface area (Å²) in [5, 5.41) is 13.3. The van der Waals surface area contributed by atoms with Crippen LogP contribution < -0.4 is 0 Å². The van der Waals surface area contributed by atoms with Gasteiger partial charge in [0.05, 0.1) is 11.1 Å². The molecule has 3 heterocycles. The monoisotopic (exact) mass is 471 g/mol. The highest BCUT2D eigenvalue weighted by molar-refractivity contribution is 5.96. The van der Waals surface area contributed by atoms with Crippen LogP contribution in [0.3, 0.4) is 0 Å². The predicted molar refractivity (Wildman–Crippen MR) is 138 cm³/mol. The number of rotatable bonds is 6. The number of likely N-dealkylation sites (tertiary alicyclic amines) is 1. The van der Waals surface area contributed by atoms with Gasteiger partial charge in [-0.1, -0.05) is 25.1 Å². The van der Waals surface area contributed by atoms with Crippen molar-refractivity contribution in [3.8, 4) is 0 Å². The first-order chi connectivity index (χ1) is 16.9. The zero-order valence-electron chi connectivity index (χ0n) is 20.7. The molecule has 1 aliphatic heterocycles. The number of pyridine rings is 1. The number of fused-ring (bicyclic) bond motifs is 2. The van der Waals surface area contributed by atoms with Crippen molar-refractivity contribution in [2.45, 2.75) is 51.3 Å². The Hall–Kier alpha value is -3.22. The molecule has 0 bridgehead atoms. The van der Waals surface area contributed by atoms with Crippen molar-refractivity contribution in [1.82, 2.24) is 14.8 Å². The van der Waals surface area contributed by atoms with Crippen molar-refractivity contribution in [1.29, 1.82) is 0 Å². The molecule has 1 saturated heterocycles. The molecule has 0 saturated carbocycles. The average Bonchev–Trinajstić information content (AvgIpc) is 3.31. The molecule has 1 fully saturated rings. The van der Waals surface area contributed by atoms with E-state index in [0.717, 1.165) is 46.9 Å². The van der Waals surface area contributed by atoms with Crippen LogP contribution in [-0.4, -0.2) is 52.0 Å². The lowest BCUT2D eigenvalue weighted by atomic mass is 9.83. The smallest absolute Gasteiger partial charge is 0.289 e. The van der Waals surface area contributed by atoms with E-state index in [1.165, 1.54) is 0 Å². The van der Waals surface area contributed by atoms with Gasteiger partial charge in [0.25, 0.3) is 5.91 Å². The van der Waals surface area contributed by atoms with E-state index in [0.29, 0.717) is 36.8 Å². The standard InChI is InChI=1S/C29H33N3O3/c1-4-20(2)32-14-11-29(34,12-15-32)24-8-10-26-23(17-24)18-27(35-26)28(33)31(3)19-21-7-9-25-22(16-21)6-5-13-30-25/h5-10,13,16-18,20,34H,4,11-12,14-15,19H2,1-3H3. The van der Waals surface area contributed by atoms with Crippen molar-refractivity contribution < 1.29 is 14.3 Å². The summed E-state index contributed by atoms with van der Waals surface area (Å²) in [4.78, 5) is 21.6. The Morgan fingerprint density at radius 1 is 1.14 bits per heavy atom. The molecule has 1 atom stereocenters. The Morgan fingerprint density at radius 3 is 2.71 bits per heavy atom. The normalized spacial score (nSPS) is 17.0. The number of aliphatic hydroxyl groups is 1. The molecule has 1 amide bonds. The Kier molecular flexibility index (Phi) is 6.34. The third kappa shape index (κ3) is 4.68. The van der Waals surface area contributed by atoms with E-state index in [-0.39, 0.29) is 5.91 Å². The van der Waals surface area contributed by atoms with E-state index in [4.69, 9.17) is 4.42 Å². The molecular formula is C29H33N3O3. The van der Waals surface area contributed by atoms with Crippen molar-refractivity contribution >= 4 is 27.8 Å². The molecule has 1 N–H and O–H groups in total. The third-order valence-electron chi connectivity index (χ3n) is 7.54. The highest BCUT2D eigenvalue weighted by atomic mass is 16.3. The molecule has 2 aromatic carbocycles. The molecule has 6 heteroatoms. The number of hydrogen-bond donors (Lipinski definition) is 1. The van der Waals surface area contributed by atoms with Gasteiger partial charge < -0.3 is 19.3 Å². The quantitative estimate of drug-likeness (QED) is 0.411. The van der Waals surface area contributed by atoms with E-state index in [1.54, 1.807) is 24.2 Å². The maximum absolute atomic E-state index is 13.1. The topological polar surface area (TPSA) is 69.8 Å². The van der Waals surface area contributed by atoms with Gasteiger partial charge >= 0.3 is 0 Å². The Bertz CT molecular complexity index is 1350. The summed E-state index contributed by atoms with van der Waals surface area (Å²) in [5.74, 6) is 0.135. The number of aromatic nitrogens is 1. The summed E-state index contributed by atoms with van der Waals surface area (Å²) < 4.78 is 5.91. The number of piperidine rings is 1. The first kappa shape index (κ1) is 23.5. The van der Waals surface area contributed by atoms with Crippen LogP contribution in [0.2, 0.25) is 0 Å². The second-order valence-corrected chi connectivity index (χ2v) is 9.88. The van der Waals surface area contributed by atoms with E-state index >= 15 is 0 Å². The largest absolute Gasteiger partial charge is 0.451 e. The van der Waals surface area contributed by atoms with E-state index < -0.39 is 5.60 Å². The molecule has 1 aliphatic rings. The molecule has 0 aliphatic carbocycles. The summed E-state index contributed by atoms with van der Waals surface area (Å²) in [7, 11) is 1.78.